The van der Waals surface area contributed by atoms with E-state index >= 15 is 0 Å². The van der Waals surface area contributed by atoms with Gasteiger partial charge in [-0.15, -0.1) is 0 Å². The first-order chi connectivity index (χ1) is 12.9. The maximum absolute atomic E-state index is 14.8. The molecule has 4 rings (SSSR count). The number of hydrogen-bond acceptors (Lipinski definition) is 6. The van der Waals surface area contributed by atoms with Crippen LogP contribution >= 0.6 is 0 Å². The topological polar surface area (TPSA) is 78.1 Å². The Labute approximate surface area is 153 Å². The van der Waals surface area contributed by atoms with Crippen molar-refractivity contribution < 1.29 is 18.7 Å². The van der Waals surface area contributed by atoms with Crippen molar-refractivity contribution in [2.24, 2.45) is 4.99 Å². The van der Waals surface area contributed by atoms with Crippen LogP contribution < -0.4 is 20.0 Å². The van der Waals surface area contributed by atoms with Gasteiger partial charge in [0.2, 0.25) is 5.88 Å². The molecule has 1 aliphatic heterocycles. The van der Waals surface area contributed by atoms with Crippen molar-refractivity contribution in [2.75, 3.05) is 6.61 Å². The summed E-state index contributed by atoms with van der Waals surface area (Å²) in [6.45, 7) is 5.09. The van der Waals surface area contributed by atoms with E-state index in [4.69, 9.17) is 9.47 Å². The molecular weight excluding hydrogens is 351 g/mol. The van der Waals surface area contributed by atoms with Crippen LogP contribution in [-0.4, -0.2) is 33.0 Å². The summed E-state index contributed by atoms with van der Waals surface area (Å²) in [5.41, 5.74) is 1.24. The Morgan fingerprint density at radius 3 is 2.93 bits per heavy atom. The van der Waals surface area contributed by atoms with Gasteiger partial charge in [-0.3, -0.25) is 9.79 Å². The van der Waals surface area contributed by atoms with Crippen LogP contribution in [0, 0.1) is 12.7 Å². The Bertz CT molecular complexity index is 1190. The van der Waals surface area contributed by atoms with E-state index in [2.05, 4.69) is 15.1 Å². The first-order valence-electron chi connectivity index (χ1n) is 8.45. The largest absolute Gasteiger partial charge is 0.484 e. The molecule has 0 saturated heterocycles. The summed E-state index contributed by atoms with van der Waals surface area (Å²) < 4.78 is 27.6. The first-order valence-corrected chi connectivity index (χ1v) is 8.45. The summed E-state index contributed by atoms with van der Waals surface area (Å²) in [7, 11) is 0. The van der Waals surface area contributed by atoms with Crippen LogP contribution in [0.3, 0.4) is 0 Å². The zero-order valence-corrected chi connectivity index (χ0v) is 15.1. The number of ether oxygens (including phenoxy) is 2. The molecule has 138 valence electrons. The van der Waals surface area contributed by atoms with Crippen molar-refractivity contribution in [1.29, 1.82) is 0 Å². The third-order valence-electron chi connectivity index (χ3n) is 4.26. The number of benzene rings is 1. The highest BCUT2D eigenvalue weighted by molar-refractivity contribution is 5.77. The molecule has 0 radical (unpaired) electrons. The zero-order valence-electron chi connectivity index (χ0n) is 15.1. The number of halogens is 1. The van der Waals surface area contributed by atoms with Crippen molar-refractivity contribution >= 4 is 17.4 Å². The number of hydrogen-bond donors (Lipinski definition) is 0. The average Bonchev–Trinajstić information content (AvgIpc) is 3.16. The summed E-state index contributed by atoms with van der Waals surface area (Å²) >= 11 is 0. The van der Waals surface area contributed by atoms with Gasteiger partial charge < -0.3 is 9.47 Å². The molecule has 0 amide bonds. The van der Waals surface area contributed by atoms with E-state index in [1.807, 2.05) is 6.92 Å². The fourth-order valence-corrected chi connectivity index (χ4v) is 3.02. The van der Waals surface area contributed by atoms with Crippen molar-refractivity contribution in [3.8, 4) is 17.4 Å². The van der Waals surface area contributed by atoms with Gasteiger partial charge in [0.15, 0.2) is 17.3 Å². The Balaban J connectivity index is 1.76. The predicted octanol–water partition coefficient (Wildman–Crippen LogP) is 1.74. The Morgan fingerprint density at radius 2 is 2.15 bits per heavy atom. The maximum Gasteiger partial charge on any atom is 0.247 e. The minimum atomic E-state index is -0.477. The molecule has 1 unspecified atom stereocenters. The van der Waals surface area contributed by atoms with Gasteiger partial charge in [-0.2, -0.15) is 10.1 Å². The second-order valence-corrected chi connectivity index (χ2v) is 6.42. The molecule has 0 saturated carbocycles. The summed E-state index contributed by atoms with van der Waals surface area (Å²) in [4.78, 5) is 19.7. The lowest BCUT2D eigenvalue weighted by molar-refractivity contribution is -0.118. The zero-order chi connectivity index (χ0) is 19.1. The fraction of sp³-hybridized carbons (Fsp3) is 0.263. The Kier molecular flexibility index (Phi) is 4.10. The molecule has 1 atom stereocenters. The summed E-state index contributed by atoms with van der Waals surface area (Å²) in [6.07, 6.45) is 4.70. The fourth-order valence-electron chi connectivity index (χ4n) is 3.02. The van der Waals surface area contributed by atoms with Crippen molar-refractivity contribution in [2.45, 2.75) is 26.8 Å². The van der Waals surface area contributed by atoms with Crippen LogP contribution in [0.15, 0.2) is 29.6 Å². The van der Waals surface area contributed by atoms with Gasteiger partial charge in [0.05, 0.1) is 17.6 Å². The number of nitrogens with zero attached hydrogens (tertiary/aromatic N) is 4. The van der Waals surface area contributed by atoms with Gasteiger partial charge in [-0.05, 0) is 39.0 Å². The smallest absolute Gasteiger partial charge is 0.247 e. The standard InChI is InChI=1S/C19H17FN4O3/c1-10-6-13-14(23-10)4-5-15(17(13)20)27-19-18-12(3)16(26-8-11(2)25)7-24(18)22-9-21-19/h4-7,9-10H,8H2,1-3H3. The molecule has 0 aliphatic carbocycles. The lowest BCUT2D eigenvalue weighted by Gasteiger charge is -2.08. The molecule has 1 aliphatic rings. The van der Waals surface area contributed by atoms with Crippen molar-refractivity contribution in [1.82, 2.24) is 14.6 Å². The predicted molar refractivity (Wildman–Crippen MR) is 95.1 cm³/mol. The highest BCUT2D eigenvalue weighted by Crippen LogP contribution is 2.32. The summed E-state index contributed by atoms with van der Waals surface area (Å²) in [5.74, 6) is 0.174. The van der Waals surface area contributed by atoms with E-state index in [0.29, 0.717) is 27.4 Å². The molecular formula is C19H17FN4O3. The SMILES string of the molecule is CC(=O)COc1cn2ncnc(Oc3ccc4c(c3F)=CC(C)N=4)c2c1C. The molecule has 8 heteroatoms. The van der Waals surface area contributed by atoms with Crippen molar-refractivity contribution in [3.05, 3.63) is 46.6 Å². The molecule has 7 nitrogen and oxygen atoms in total. The number of aromatic nitrogens is 3. The molecule has 1 aromatic carbocycles. The molecule has 27 heavy (non-hydrogen) atoms. The lowest BCUT2D eigenvalue weighted by atomic mass is 10.2. The summed E-state index contributed by atoms with van der Waals surface area (Å²) in [6, 6.07) is 3.19. The Hall–Kier alpha value is -3.29. The van der Waals surface area contributed by atoms with Crippen LogP contribution in [0.4, 0.5) is 4.39 Å². The third kappa shape index (κ3) is 3.03. The lowest BCUT2D eigenvalue weighted by Crippen LogP contribution is -2.25. The molecule has 0 fully saturated rings. The van der Waals surface area contributed by atoms with Crippen LogP contribution in [0.2, 0.25) is 0 Å². The van der Waals surface area contributed by atoms with E-state index in [9.17, 15) is 9.18 Å². The van der Waals surface area contributed by atoms with E-state index in [-0.39, 0.29) is 30.1 Å². The second-order valence-electron chi connectivity index (χ2n) is 6.42. The number of fused-ring (bicyclic) bond motifs is 2. The highest BCUT2D eigenvalue weighted by atomic mass is 19.1. The third-order valence-corrected chi connectivity index (χ3v) is 4.26. The number of rotatable bonds is 5. The van der Waals surface area contributed by atoms with E-state index in [1.54, 1.807) is 25.3 Å². The number of Topliss-reactive ketones (excluding diaryl/α,β-unsaturated/α-hetero) is 1. The van der Waals surface area contributed by atoms with Gasteiger partial charge >= 0.3 is 0 Å². The molecule has 0 spiro atoms. The first kappa shape index (κ1) is 17.1. The van der Waals surface area contributed by atoms with Gasteiger partial charge in [-0.1, -0.05) is 0 Å². The van der Waals surface area contributed by atoms with E-state index in [1.165, 1.54) is 23.8 Å². The molecule has 3 aromatic rings. The van der Waals surface area contributed by atoms with Crippen LogP contribution in [0.1, 0.15) is 19.4 Å². The number of carbonyl (C=O) groups is 1. The van der Waals surface area contributed by atoms with Crippen LogP contribution in [0.25, 0.3) is 11.6 Å². The molecule has 0 bridgehead atoms. The number of ketones is 1. The highest BCUT2D eigenvalue weighted by Gasteiger charge is 2.18. The van der Waals surface area contributed by atoms with Gasteiger partial charge in [0, 0.05) is 10.8 Å². The van der Waals surface area contributed by atoms with Crippen LogP contribution in [0.5, 0.6) is 17.4 Å². The Morgan fingerprint density at radius 1 is 1.33 bits per heavy atom. The quantitative estimate of drug-likeness (QED) is 0.686. The van der Waals surface area contributed by atoms with Gasteiger partial charge in [0.1, 0.15) is 24.2 Å². The van der Waals surface area contributed by atoms with Gasteiger partial charge in [0.25, 0.3) is 0 Å². The second kappa shape index (κ2) is 6.46. The molecule has 0 N–H and O–H groups in total. The number of aryl methyl sites for hydroxylation is 1. The minimum absolute atomic E-state index is 0.0433. The van der Waals surface area contributed by atoms with E-state index < -0.39 is 5.82 Å². The average molecular weight is 368 g/mol. The minimum Gasteiger partial charge on any atom is -0.484 e. The van der Waals surface area contributed by atoms with Gasteiger partial charge in [-0.25, -0.2) is 8.91 Å². The number of carbonyl (C=O) groups excluding carboxylic acids is 1. The van der Waals surface area contributed by atoms with Crippen molar-refractivity contribution in [3.63, 3.8) is 0 Å². The maximum atomic E-state index is 14.8. The molecule has 3 heterocycles. The monoisotopic (exact) mass is 368 g/mol. The summed E-state index contributed by atoms with van der Waals surface area (Å²) in [5, 5.41) is 5.17. The normalized spacial score (nSPS) is 15.2. The molecule has 2 aromatic heterocycles. The van der Waals surface area contributed by atoms with E-state index in [0.717, 1.165) is 0 Å². The van der Waals surface area contributed by atoms with Crippen LogP contribution in [-0.2, 0) is 4.79 Å².